The Hall–Kier alpha value is -0.830. The maximum Gasteiger partial charge on any atom is 0.123 e. The van der Waals surface area contributed by atoms with Gasteiger partial charge in [0.1, 0.15) is 5.82 Å². The lowest BCUT2D eigenvalue weighted by Crippen LogP contribution is -2.27. The molecule has 0 saturated heterocycles. The van der Waals surface area contributed by atoms with Gasteiger partial charge in [0.2, 0.25) is 0 Å². The standard InChI is InChI=1S/C13H23N3/c1-10(2)16-9-11(3)15-13(16)8-14-12-6-4-5-7-12/h9-10,12,14H,4-8H2,1-3H3. The van der Waals surface area contributed by atoms with Crippen LogP contribution in [0, 0.1) is 6.92 Å². The minimum atomic E-state index is 0.501. The van der Waals surface area contributed by atoms with Crippen LogP contribution in [0.15, 0.2) is 6.20 Å². The van der Waals surface area contributed by atoms with Crippen molar-refractivity contribution in [2.45, 2.75) is 65.1 Å². The summed E-state index contributed by atoms with van der Waals surface area (Å²) in [6.07, 6.45) is 7.59. The van der Waals surface area contributed by atoms with Crippen LogP contribution in [-0.2, 0) is 6.54 Å². The van der Waals surface area contributed by atoms with Gasteiger partial charge in [-0.25, -0.2) is 4.98 Å². The highest BCUT2D eigenvalue weighted by atomic mass is 15.1. The van der Waals surface area contributed by atoms with Gasteiger partial charge in [0.05, 0.1) is 12.2 Å². The third-order valence-corrected chi connectivity index (χ3v) is 3.39. The molecule has 1 aromatic rings. The van der Waals surface area contributed by atoms with Gasteiger partial charge in [-0.15, -0.1) is 0 Å². The molecular weight excluding hydrogens is 198 g/mol. The van der Waals surface area contributed by atoms with Crippen LogP contribution >= 0.6 is 0 Å². The molecule has 16 heavy (non-hydrogen) atoms. The summed E-state index contributed by atoms with van der Waals surface area (Å²) in [6, 6.07) is 1.22. The number of aromatic nitrogens is 2. The normalized spacial score (nSPS) is 17.5. The second kappa shape index (κ2) is 5.00. The first-order valence-corrected chi connectivity index (χ1v) is 6.44. The van der Waals surface area contributed by atoms with E-state index in [0.29, 0.717) is 6.04 Å². The van der Waals surface area contributed by atoms with Crippen LogP contribution in [0.2, 0.25) is 0 Å². The summed E-state index contributed by atoms with van der Waals surface area (Å²) in [4.78, 5) is 4.59. The predicted molar refractivity (Wildman–Crippen MR) is 66.4 cm³/mol. The van der Waals surface area contributed by atoms with E-state index >= 15 is 0 Å². The molecule has 0 bridgehead atoms. The van der Waals surface area contributed by atoms with E-state index < -0.39 is 0 Å². The predicted octanol–water partition coefficient (Wildman–Crippen LogP) is 2.80. The van der Waals surface area contributed by atoms with Crippen LogP contribution in [0.3, 0.4) is 0 Å². The van der Waals surface area contributed by atoms with Gasteiger partial charge in [0, 0.05) is 18.3 Å². The number of hydrogen-bond acceptors (Lipinski definition) is 2. The number of aryl methyl sites for hydroxylation is 1. The SMILES string of the molecule is Cc1cn(C(C)C)c(CNC2CCCC2)n1. The van der Waals surface area contributed by atoms with Crippen LogP contribution in [0.25, 0.3) is 0 Å². The lowest BCUT2D eigenvalue weighted by Gasteiger charge is -2.14. The lowest BCUT2D eigenvalue weighted by molar-refractivity contribution is 0.484. The summed E-state index contributed by atoms with van der Waals surface area (Å²) in [5.74, 6) is 1.18. The molecule has 90 valence electrons. The molecule has 0 atom stereocenters. The van der Waals surface area contributed by atoms with Gasteiger partial charge < -0.3 is 9.88 Å². The fourth-order valence-electron chi connectivity index (χ4n) is 2.51. The van der Waals surface area contributed by atoms with Crippen LogP contribution in [-0.4, -0.2) is 15.6 Å². The van der Waals surface area contributed by atoms with E-state index in [1.54, 1.807) is 0 Å². The maximum atomic E-state index is 4.59. The van der Waals surface area contributed by atoms with E-state index in [-0.39, 0.29) is 0 Å². The average Bonchev–Trinajstić information content (AvgIpc) is 2.83. The van der Waals surface area contributed by atoms with E-state index in [1.807, 2.05) is 0 Å². The summed E-state index contributed by atoms with van der Waals surface area (Å²) >= 11 is 0. The van der Waals surface area contributed by atoms with Crippen molar-refractivity contribution < 1.29 is 0 Å². The van der Waals surface area contributed by atoms with Gasteiger partial charge in [0.25, 0.3) is 0 Å². The monoisotopic (exact) mass is 221 g/mol. The maximum absolute atomic E-state index is 4.59. The van der Waals surface area contributed by atoms with Crippen molar-refractivity contribution in [3.63, 3.8) is 0 Å². The van der Waals surface area contributed by atoms with Gasteiger partial charge in [-0.05, 0) is 33.6 Å². The minimum Gasteiger partial charge on any atom is -0.331 e. The van der Waals surface area contributed by atoms with Gasteiger partial charge in [-0.1, -0.05) is 12.8 Å². The van der Waals surface area contributed by atoms with Crippen molar-refractivity contribution in [3.05, 3.63) is 17.7 Å². The molecule has 1 aliphatic carbocycles. The van der Waals surface area contributed by atoms with Gasteiger partial charge in [0.15, 0.2) is 0 Å². The molecule has 1 aliphatic rings. The van der Waals surface area contributed by atoms with Gasteiger partial charge >= 0.3 is 0 Å². The molecule has 2 rings (SSSR count). The molecular formula is C13H23N3. The van der Waals surface area contributed by atoms with Crippen LogP contribution in [0.1, 0.15) is 57.1 Å². The Morgan fingerprint density at radius 1 is 1.44 bits per heavy atom. The molecule has 0 aromatic carbocycles. The summed E-state index contributed by atoms with van der Waals surface area (Å²) in [5.41, 5.74) is 1.12. The van der Waals surface area contributed by atoms with Crippen LogP contribution in [0.5, 0.6) is 0 Å². The largest absolute Gasteiger partial charge is 0.331 e. The van der Waals surface area contributed by atoms with Crippen molar-refractivity contribution in [1.29, 1.82) is 0 Å². The highest BCUT2D eigenvalue weighted by Crippen LogP contribution is 2.18. The lowest BCUT2D eigenvalue weighted by atomic mass is 10.2. The molecule has 0 amide bonds. The number of hydrogen-bond donors (Lipinski definition) is 1. The van der Waals surface area contributed by atoms with E-state index in [4.69, 9.17) is 0 Å². The number of imidazole rings is 1. The first-order chi connectivity index (χ1) is 7.66. The Morgan fingerprint density at radius 3 is 2.75 bits per heavy atom. The molecule has 0 aliphatic heterocycles. The van der Waals surface area contributed by atoms with Crippen molar-refractivity contribution in [1.82, 2.24) is 14.9 Å². The van der Waals surface area contributed by atoms with Crippen molar-refractivity contribution in [2.75, 3.05) is 0 Å². The smallest absolute Gasteiger partial charge is 0.123 e. The number of rotatable bonds is 4. The van der Waals surface area contributed by atoms with E-state index in [9.17, 15) is 0 Å². The van der Waals surface area contributed by atoms with E-state index in [2.05, 4.69) is 41.8 Å². The summed E-state index contributed by atoms with van der Waals surface area (Å²) < 4.78 is 2.28. The number of nitrogens with zero attached hydrogens (tertiary/aromatic N) is 2. The van der Waals surface area contributed by atoms with Crippen molar-refractivity contribution >= 4 is 0 Å². The first kappa shape index (κ1) is 11.6. The summed E-state index contributed by atoms with van der Waals surface area (Å²) in [6.45, 7) is 7.40. The third-order valence-electron chi connectivity index (χ3n) is 3.39. The molecule has 1 heterocycles. The quantitative estimate of drug-likeness (QED) is 0.847. The topological polar surface area (TPSA) is 29.9 Å². The molecule has 1 saturated carbocycles. The van der Waals surface area contributed by atoms with Gasteiger partial charge in [-0.3, -0.25) is 0 Å². The Labute approximate surface area is 98.3 Å². The van der Waals surface area contributed by atoms with Crippen molar-refractivity contribution in [3.8, 4) is 0 Å². The van der Waals surface area contributed by atoms with Gasteiger partial charge in [-0.2, -0.15) is 0 Å². The molecule has 0 radical (unpaired) electrons. The Bertz CT molecular complexity index is 335. The fraction of sp³-hybridized carbons (Fsp3) is 0.769. The molecule has 0 spiro atoms. The molecule has 1 fully saturated rings. The summed E-state index contributed by atoms with van der Waals surface area (Å²) in [7, 11) is 0. The summed E-state index contributed by atoms with van der Waals surface area (Å²) in [5, 5.41) is 3.62. The molecule has 1 N–H and O–H groups in total. The van der Waals surface area contributed by atoms with E-state index in [0.717, 1.165) is 18.3 Å². The van der Waals surface area contributed by atoms with Crippen molar-refractivity contribution in [2.24, 2.45) is 0 Å². The van der Waals surface area contributed by atoms with E-state index in [1.165, 1.54) is 31.5 Å². The molecule has 3 heteroatoms. The Balaban J connectivity index is 1.97. The highest BCUT2D eigenvalue weighted by molar-refractivity contribution is 5.03. The Morgan fingerprint density at radius 2 is 2.12 bits per heavy atom. The molecule has 3 nitrogen and oxygen atoms in total. The zero-order valence-electron chi connectivity index (χ0n) is 10.7. The first-order valence-electron chi connectivity index (χ1n) is 6.44. The molecule has 0 unspecified atom stereocenters. The fourth-order valence-corrected chi connectivity index (χ4v) is 2.51. The molecule has 1 aromatic heterocycles. The number of nitrogens with one attached hydrogen (secondary N) is 1. The van der Waals surface area contributed by atoms with Crippen LogP contribution < -0.4 is 5.32 Å². The zero-order chi connectivity index (χ0) is 11.5. The second-order valence-corrected chi connectivity index (χ2v) is 5.16. The Kier molecular flexibility index (Phi) is 3.64. The minimum absolute atomic E-state index is 0.501. The average molecular weight is 221 g/mol. The van der Waals surface area contributed by atoms with Crippen LogP contribution in [0.4, 0.5) is 0 Å². The second-order valence-electron chi connectivity index (χ2n) is 5.16. The highest BCUT2D eigenvalue weighted by Gasteiger charge is 2.15. The zero-order valence-corrected chi connectivity index (χ0v) is 10.7. The third kappa shape index (κ3) is 2.64.